The Kier molecular flexibility index (Phi) is 2.88. The van der Waals surface area contributed by atoms with E-state index in [1.54, 1.807) is 11.3 Å². The number of carbonyl (C=O) groups excluding carboxylic acids is 1. The van der Waals surface area contributed by atoms with Gasteiger partial charge in [-0.25, -0.2) is 4.98 Å². The highest BCUT2D eigenvalue weighted by molar-refractivity contribution is 7.16. The van der Waals surface area contributed by atoms with Crippen LogP contribution in [0.1, 0.15) is 17.7 Å². The number of hydrogen-bond acceptors (Lipinski definition) is 3. The Balaban J connectivity index is 1.99. The standard InChI is InChI=1S/C14H14N2OS/c1-10-13(11-6-3-2-4-7-11)15-14(18-10)16-9-5-8-12(16)17/h2-4,6-7H,5,8-9H2,1H3. The molecular weight excluding hydrogens is 244 g/mol. The van der Waals surface area contributed by atoms with Crippen molar-refractivity contribution in [3.63, 3.8) is 0 Å². The molecule has 1 amide bonds. The van der Waals surface area contributed by atoms with Gasteiger partial charge in [0.05, 0.1) is 5.69 Å². The molecule has 0 spiro atoms. The van der Waals surface area contributed by atoms with Crippen molar-refractivity contribution in [1.82, 2.24) is 4.98 Å². The molecule has 1 aromatic heterocycles. The summed E-state index contributed by atoms with van der Waals surface area (Å²) in [6.07, 6.45) is 1.59. The molecule has 3 nitrogen and oxygen atoms in total. The molecule has 1 fully saturated rings. The highest BCUT2D eigenvalue weighted by atomic mass is 32.1. The summed E-state index contributed by atoms with van der Waals surface area (Å²) >= 11 is 1.60. The Morgan fingerprint density at radius 2 is 2.06 bits per heavy atom. The molecule has 0 aliphatic carbocycles. The Hall–Kier alpha value is -1.68. The maximum absolute atomic E-state index is 11.7. The van der Waals surface area contributed by atoms with E-state index in [0.29, 0.717) is 6.42 Å². The van der Waals surface area contributed by atoms with Crippen LogP contribution in [0.2, 0.25) is 0 Å². The van der Waals surface area contributed by atoms with Crippen LogP contribution < -0.4 is 4.90 Å². The molecule has 1 saturated heterocycles. The molecule has 1 aromatic carbocycles. The van der Waals surface area contributed by atoms with Crippen molar-refractivity contribution in [1.29, 1.82) is 0 Å². The molecule has 0 unspecified atom stereocenters. The molecule has 3 rings (SSSR count). The van der Waals surface area contributed by atoms with E-state index in [9.17, 15) is 4.79 Å². The number of aryl methyl sites for hydroxylation is 1. The van der Waals surface area contributed by atoms with E-state index in [-0.39, 0.29) is 5.91 Å². The Labute approximate surface area is 110 Å². The van der Waals surface area contributed by atoms with Crippen LogP contribution >= 0.6 is 11.3 Å². The van der Waals surface area contributed by atoms with Gasteiger partial charge in [-0.15, -0.1) is 11.3 Å². The SMILES string of the molecule is Cc1sc(N2CCCC2=O)nc1-c1ccccc1. The largest absolute Gasteiger partial charge is 0.288 e. The molecule has 18 heavy (non-hydrogen) atoms. The van der Waals surface area contributed by atoms with Crippen molar-refractivity contribution in [3.8, 4) is 11.3 Å². The number of aromatic nitrogens is 1. The maximum atomic E-state index is 11.7. The monoisotopic (exact) mass is 258 g/mol. The first kappa shape index (κ1) is 11.4. The minimum Gasteiger partial charge on any atom is -0.288 e. The van der Waals surface area contributed by atoms with Gasteiger partial charge in [-0.2, -0.15) is 0 Å². The summed E-state index contributed by atoms with van der Waals surface area (Å²) in [5, 5.41) is 0.842. The molecule has 2 aromatic rings. The van der Waals surface area contributed by atoms with E-state index in [1.165, 1.54) is 0 Å². The second-order valence-electron chi connectivity index (χ2n) is 4.42. The molecule has 0 saturated carbocycles. The number of benzene rings is 1. The lowest BCUT2D eigenvalue weighted by Gasteiger charge is -2.10. The second-order valence-corrected chi connectivity index (χ2v) is 5.60. The average molecular weight is 258 g/mol. The van der Waals surface area contributed by atoms with Crippen LogP contribution in [-0.2, 0) is 4.79 Å². The summed E-state index contributed by atoms with van der Waals surface area (Å²) in [7, 11) is 0. The molecular formula is C14H14N2OS. The highest BCUT2D eigenvalue weighted by Gasteiger charge is 2.25. The maximum Gasteiger partial charge on any atom is 0.228 e. The Morgan fingerprint density at radius 1 is 1.28 bits per heavy atom. The highest BCUT2D eigenvalue weighted by Crippen LogP contribution is 2.33. The van der Waals surface area contributed by atoms with E-state index in [1.807, 2.05) is 23.1 Å². The van der Waals surface area contributed by atoms with Gasteiger partial charge in [0.25, 0.3) is 0 Å². The lowest BCUT2D eigenvalue weighted by atomic mass is 10.1. The third-order valence-electron chi connectivity index (χ3n) is 3.14. The predicted molar refractivity (Wildman–Crippen MR) is 73.9 cm³/mol. The van der Waals surface area contributed by atoms with Crippen LogP contribution in [0.3, 0.4) is 0 Å². The first-order valence-electron chi connectivity index (χ1n) is 6.09. The fourth-order valence-corrected chi connectivity index (χ4v) is 3.19. The van der Waals surface area contributed by atoms with Crippen molar-refractivity contribution in [2.75, 3.05) is 11.4 Å². The molecule has 4 heteroatoms. The van der Waals surface area contributed by atoms with Crippen LogP contribution in [0.5, 0.6) is 0 Å². The third kappa shape index (κ3) is 1.93. The molecule has 0 radical (unpaired) electrons. The smallest absolute Gasteiger partial charge is 0.228 e. The fourth-order valence-electron chi connectivity index (χ4n) is 2.21. The number of rotatable bonds is 2. The number of amides is 1. The summed E-state index contributed by atoms with van der Waals surface area (Å²) in [5.41, 5.74) is 2.11. The summed E-state index contributed by atoms with van der Waals surface area (Å²) in [6.45, 7) is 2.87. The van der Waals surface area contributed by atoms with Crippen LogP contribution in [0.15, 0.2) is 30.3 Å². The van der Waals surface area contributed by atoms with Gasteiger partial charge in [-0.1, -0.05) is 30.3 Å². The lowest BCUT2D eigenvalue weighted by Crippen LogP contribution is -2.23. The third-order valence-corrected chi connectivity index (χ3v) is 4.13. The number of carbonyl (C=O) groups is 1. The van der Waals surface area contributed by atoms with Gasteiger partial charge in [0.2, 0.25) is 5.91 Å². The summed E-state index contributed by atoms with van der Waals surface area (Å²) in [4.78, 5) is 19.3. The number of nitrogens with zero attached hydrogens (tertiary/aromatic N) is 2. The zero-order valence-electron chi connectivity index (χ0n) is 10.2. The van der Waals surface area contributed by atoms with Crippen molar-refractivity contribution >= 4 is 22.4 Å². The minimum absolute atomic E-state index is 0.198. The van der Waals surface area contributed by atoms with Crippen molar-refractivity contribution in [3.05, 3.63) is 35.2 Å². The van der Waals surface area contributed by atoms with Gasteiger partial charge in [-0.05, 0) is 13.3 Å². The average Bonchev–Trinajstić information content (AvgIpc) is 2.96. The van der Waals surface area contributed by atoms with Gasteiger partial charge in [-0.3, -0.25) is 9.69 Å². The topological polar surface area (TPSA) is 33.2 Å². The van der Waals surface area contributed by atoms with E-state index >= 15 is 0 Å². The molecule has 2 heterocycles. The van der Waals surface area contributed by atoms with Crippen LogP contribution in [0, 0.1) is 6.92 Å². The van der Waals surface area contributed by atoms with Gasteiger partial charge < -0.3 is 0 Å². The van der Waals surface area contributed by atoms with Crippen molar-refractivity contribution in [2.45, 2.75) is 19.8 Å². The number of hydrogen-bond donors (Lipinski definition) is 0. The summed E-state index contributed by atoms with van der Waals surface area (Å²) < 4.78 is 0. The minimum atomic E-state index is 0.198. The van der Waals surface area contributed by atoms with Gasteiger partial charge >= 0.3 is 0 Å². The fraction of sp³-hybridized carbons (Fsp3) is 0.286. The zero-order chi connectivity index (χ0) is 12.5. The van der Waals surface area contributed by atoms with Crippen LogP contribution in [0.25, 0.3) is 11.3 Å². The van der Waals surface area contributed by atoms with E-state index in [0.717, 1.165) is 34.2 Å². The first-order valence-corrected chi connectivity index (χ1v) is 6.90. The van der Waals surface area contributed by atoms with Crippen LogP contribution in [-0.4, -0.2) is 17.4 Å². The van der Waals surface area contributed by atoms with Crippen LogP contribution in [0.4, 0.5) is 5.13 Å². The Morgan fingerprint density at radius 3 is 2.72 bits per heavy atom. The van der Waals surface area contributed by atoms with E-state index in [2.05, 4.69) is 24.0 Å². The summed E-state index contributed by atoms with van der Waals surface area (Å²) in [5.74, 6) is 0.198. The normalized spacial score (nSPS) is 15.4. The molecule has 92 valence electrons. The van der Waals surface area contributed by atoms with E-state index < -0.39 is 0 Å². The Bertz CT molecular complexity index is 577. The van der Waals surface area contributed by atoms with Gasteiger partial charge in [0.1, 0.15) is 0 Å². The van der Waals surface area contributed by atoms with Gasteiger partial charge in [0, 0.05) is 23.4 Å². The molecule has 0 atom stereocenters. The molecule has 1 aliphatic heterocycles. The van der Waals surface area contributed by atoms with Crippen molar-refractivity contribution in [2.24, 2.45) is 0 Å². The zero-order valence-corrected chi connectivity index (χ0v) is 11.0. The van der Waals surface area contributed by atoms with Gasteiger partial charge in [0.15, 0.2) is 5.13 Å². The predicted octanol–water partition coefficient (Wildman–Crippen LogP) is 3.25. The van der Waals surface area contributed by atoms with Crippen molar-refractivity contribution < 1.29 is 4.79 Å². The molecule has 0 N–H and O–H groups in total. The van der Waals surface area contributed by atoms with E-state index in [4.69, 9.17) is 0 Å². The number of anilines is 1. The molecule has 1 aliphatic rings. The second kappa shape index (κ2) is 4.53. The first-order chi connectivity index (χ1) is 8.75. The quantitative estimate of drug-likeness (QED) is 0.828. The molecule has 0 bridgehead atoms. The number of thiazole rings is 1. The summed E-state index contributed by atoms with van der Waals surface area (Å²) in [6, 6.07) is 10.1. The lowest BCUT2D eigenvalue weighted by molar-refractivity contribution is -0.117.